The first-order valence-corrected chi connectivity index (χ1v) is 9.87. The SMILES string of the molecule is C1=CCC23C(=C1)C(CC1C2=Cc2ccccc21)C1=C3C=C2C=CC=CC21. The lowest BCUT2D eigenvalue weighted by Gasteiger charge is -2.45. The molecule has 0 heteroatoms. The van der Waals surface area contributed by atoms with Crippen LogP contribution in [-0.2, 0) is 0 Å². The smallest absolute Gasteiger partial charge is 0.0423 e. The highest BCUT2D eigenvalue weighted by molar-refractivity contribution is 5.78. The van der Waals surface area contributed by atoms with Crippen molar-refractivity contribution in [3.8, 4) is 0 Å². The number of hydrogen-bond acceptors (Lipinski definition) is 0. The summed E-state index contributed by atoms with van der Waals surface area (Å²) in [5.74, 6) is 1.72. The van der Waals surface area contributed by atoms with E-state index in [9.17, 15) is 0 Å². The molecule has 1 fully saturated rings. The monoisotopic (exact) mass is 332 g/mol. The molecule has 1 aromatic rings. The van der Waals surface area contributed by atoms with E-state index in [0.29, 0.717) is 17.8 Å². The summed E-state index contributed by atoms with van der Waals surface area (Å²) < 4.78 is 0. The normalized spacial score (nSPS) is 36.8. The third kappa shape index (κ3) is 1.34. The van der Waals surface area contributed by atoms with E-state index in [0.717, 1.165) is 6.42 Å². The molecule has 0 spiro atoms. The maximum Gasteiger partial charge on any atom is 0.0423 e. The van der Waals surface area contributed by atoms with Gasteiger partial charge in [-0.25, -0.2) is 0 Å². The first-order chi connectivity index (χ1) is 12.9. The van der Waals surface area contributed by atoms with E-state index in [-0.39, 0.29) is 5.41 Å². The zero-order valence-electron chi connectivity index (χ0n) is 14.7. The Labute approximate surface area is 154 Å². The van der Waals surface area contributed by atoms with Crippen LogP contribution >= 0.6 is 0 Å². The lowest BCUT2D eigenvalue weighted by molar-refractivity contribution is 0.400. The van der Waals surface area contributed by atoms with Gasteiger partial charge in [0.2, 0.25) is 0 Å². The Morgan fingerprint density at radius 2 is 1.88 bits per heavy atom. The van der Waals surface area contributed by atoms with Crippen LogP contribution in [0.15, 0.2) is 101 Å². The molecular weight excluding hydrogens is 312 g/mol. The second kappa shape index (κ2) is 4.38. The number of benzene rings is 1. The van der Waals surface area contributed by atoms with E-state index < -0.39 is 0 Å². The second-order valence-electron chi connectivity index (χ2n) is 8.46. The van der Waals surface area contributed by atoms with Gasteiger partial charge in [0.05, 0.1) is 0 Å². The van der Waals surface area contributed by atoms with E-state index >= 15 is 0 Å². The average molecular weight is 332 g/mol. The van der Waals surface area contributed by atoms with Gasteiger partial charge < -0.3 is 0 Å². The highest BCUT2D eigenvalue weighted by Gasteiger charge is 2.60. The van der Waals surface area contributed by atoms with Crippen LogP contribution in [0, 0.1) is 17.3 Å². The summed E-state index contributed by atoms with van der Waals surface area (Å²) in [4.78, 5) is 0. The van der Waals surface area contributed by atoms with Crippen LogP contribution in [0.2, 0.25) is 0 Å². The minimum absolute atomic E-state index is 0.128. The number of fused-ring (bicyclic) bond motifs is 6. The predicted molar refractivity (Wildman–Crippen MR) is 106 cm³/mol. The summed E-state index contributed by atoms with van der Waals surface area (Å²) in [7, 11) is 0. The standard InChI is InChI=1S/C26H20/c1-3-9-18-16(7-1)13-23-20(18)15-21-22-11-5-6-12-26(22,23)24-14-17-8-2-4-10-19(17)25(21)24/h1-11,13-14,19-21H,12,15H2. The molecule has 6 aliphatic rings. The van der Waals surface area contributed by atoms with Crippen molar-refractivity contribution in [3.05, 3.63) is 112 Å². The van der Waals surface area contributed by atoms with E-state index in [2.05, 4.69) is 78.9 Å². The molecule has 1 aromatic carbocycles. The maximum atomic E-state index is 2.54. The molecule has 0 amide bonds. The van der Waals surface area contributed by atoms with Gasteiger partial charge in [0, 0.05) is 23.2 Å². The van der Waals surface area contributed by atoms with Gasteiger partial charge in [-0.1, -0.05) is 78.9 Å². The molecule has 0 aliphatic heterocycles. The fourth-order valence-corrected chi connectivity index (χ4v) is 6.69. The lowest BCUT2D eigenvalue weighted by atomic mass is 9.58. The highest BCUT2D eigenvalue weighted by Crippen LogP contribution is 2.71. The molecule has 0 nitrogen and oxygen atoms in total. The Bertz CT molecular complexity index is 1090. The van der Waals surface area contributed by atoms with E-state index in [1.54, 1.807) is 27.9 Å². The second-order valence-corrected chi connectivity index (χ2v) is 8.46. The van der Waals surface area contributed by atoms with Gasteiger partial charge >= 0.3 is 0 Å². The number of allylic oxidation sites excluding steroid dienone is 13. The van der Waals surface area contributed by atoms with Crippen LogP contribution in [0.3, 0.4) is 0 Å². The Morgan fingerprint density at radius 1 is 0.923 bits per heavy atom. The molecule has 6 aliphatic carbocycles. The molecule has 0 heterocycles. The molecule has 0 N–H and O–H groups in total. The van der Waals surface area contributed by atoms with Crippen molar-refractivity contribution in [3.63, 3.8) is 0 Å². The molecule has 4 unspecified atom stereocenters. The fourth-order valence-electron chi connectivity index (χ4n) is 6.69. The molecule has 0 radical (unpaired) electrons. The molecule has 0 aromatic heterocycles. The van der Waals surface area contributed by atoms with Crippen molar-refractivity contribution in [1.29, 1.82) is 0 Å². The van der Waals surface area contributed by atoms with Crippen molar-refractivity contribution in [2.24, 2.45) is 17.3 Å². The van der Waals surface area contributed by atoms with Crippen molar-refractivity contribution < 1.29 is 0 Å². The van der Waals surface area contributed by atoms with Gasteiger partial charge in [-0.3, -0.25) is 0 Å². The summed E-state index contributed by atoms with van der Waals surface area (Å²) in [6.45, 7) is 0. The Balaban J connectivity index is 1.52. The number of rotatable bonds is 0. The van der Waals surface area contributed by atoms with Crippen LogP contribution in [0.1, 0.15) is 29.9 Å². The molecule has 26 heavy (non-hydrogen) atoms. The van der Waals surface area contributed by atoms with Crippen LogP contribution in [0.25, 0.3) is 6.08 Å². The molecule has 2 bridgehead atoms. The van der Waals surface area contributed by atoms with Gasteiger partial charge in [0.25, 0.3) is 0 Å². The first-order valence-electron chi connectivity index (χ1n) is 9.87. The summed E-state index contributed by atoms with van der Waals surface area (Å²) in [6.07, 6.45) is 23.8. The van der Waals surface area contributed by atoms with E-state index in [1.807, 2.05) is 0 Å². The van der Waals surface area contributed by atoms with Crippen molar-refractivity contribution in [2.75, 3.05) is 0 Å². The van der Waals surface area contributed by atoms with Crippen LogP contribution in [0.4, 0.5) is 0 Å². The minimum atomic E-state index is 0.128. The zero-order valence-corrected chi connectivity index (χ0v) is 14.7. The maximum absolute atomic E-state index is 2.54. The van der Waals surface area contributed by atoms with Gasteiger partial charge in [-0.05, 0) is 51.8 Å². The summed E-state index contributed by atoms with van der Waals surface area (Å²) in [6, 6.07) is 9.07. The Morgan fingerprint density at radius 3 is 2.88 bits per heavy atom. The number of hydrogen-bond donors (Lipinski definition) is 0. The first kappa shape index (κ1) is 13.6. The van der Waals surface area contributed by atoms with E-state index in [1.165, 1.54) is 17.6 Å². The summed E-state index contributed by atoms with van der Waals surface area (Å²) >= 11 is 0. The fraction of sp³-hybridized carbons (Fsp3) is 0.231. The quantitative estimate of drug-likeness (QED) is 0.542. The summed E-state index contributed by atoms with van der Waals surface area (Å²) in [5, 5.41) is 0. The lowest BCUT2D eigenvalue weighted by Crippen LogP contribution is -2.34. The van der Waals surface area contributed by atoms with E-state index in [4.69, 9.17) is 0 Å². The van der Waals surface area contributed by atoms with Crippen LogP contribution in [-0.4, -0.2) is 0 Å². The van der Waals surface area contributed by atoms with Gasteiger partial charge in [0.1, 0.15) is 0 Å². The molecule has 124 valence electrons. The van der Waals surface area contributed by atoms with Gasteiger partial charge in [-0.15, -0.1) is 0 Å². The topological polar surface area (TPSA) is 0 Å². The minimum Gasteiger partial charge on any atom is -0.0830 e. The Kier molecular flexibility index (Phi) is 2.29. The molecule has 0 saturated heterocycles. The third-order valence-corrected chi connectivity index (χ3v) is 7.58. The third-order valence-electron chi connectivity index (χ3n) is 7.58. The van der Waals surface area contributed by atoms with Gasteiger partial charge in [0.15, 0.2) is 0 Å². The summed E-state index contributed by atoms with van der Waals surface area (Å²) in [5.41, 5.74) is 11.3. The highest BCUT2D eigenvalue weighted by atomic mass is 14.6. The molecular formula is C26H20. The van der Waals surface area contributed by atoms with Gasteiger partial charge in [-0.2, -0.15) is 0 Å². The average Bonchev–Trinajstić information content (AvgIpc) is 3.31. The predicted octanol–water partition coefficient (Wildman–Crippen LogP) is 6.05. The van der Waals surface area contributed by atoms with Crippen LogP contribution < -0.4 is 0 Å². The van der Waals surface area contributed by atoms with Crippen molar-refractivity contribution in [2.45, 2.75) is 18.8 Å². The molecule has 1 saturated carbocycles. The largest absolute Gasteiger partial charge is 0.0830 e. The van der Waals surface area contributed by atoms with Crippen molar-refractivity contribution in [1.82, 2.24) is 0 Å². The zero-order chi connectivity index (χ0) is 16.9. The molecule has 7 rings (SSSR count). The Hall–Kier alpha value is -2.60. The van der Waals surface area contributed by atoms with Crippen LogP contribution in [0.5, 0.6) is 0 Å². The van der Waals surface area contributed by atoms with Crippen molar-refractivity contribution >= 4 is 6.08 Å². The molecule has 4 atom stereocenters.